The molecule has 0 unspecified atom stereocenters. The predicted octanol–water partition coefficient (Wildman–Crippen LogP) is 11.7. The number of hydrogen-bond acceptors (Lipinski definition) is 3. The fourth-order valence-corrected chi connectivity index (χ4v) is 6.73. The van der Waals surface area contributed by atoms with E-state index >= 15 is 0 Å². The summed E-state index contributed by atoms with van der Waals surface area (Å²) in [6.45, 7) is 0. The van der Waals surface area contributed by atoms with E-state index in [1.165, 1.54) is 38.4 Å². The summed E-state index contributed by atoms with van der Waals surface area (Å²) in [5.41, 5.74) is 7.68. The van der Waals surface area contributed by atoms with E-state index in [9.17, 15) is 0 Å². The van der Waals surface area contributed by atoms with Crippen LogP contribution in [0.1, 0.15) is 0 Å². The third-order valence-corrected chi connectivity index (χ3v) is 9.12. The fraction of sp³-hybridized carbons (Fsp3) is 0. The van der Waals surface area contributed by atoms with Crippen LogP contribution in [0.15, 0.2) is 176 Å². The highest BCUT2D eigenvalue weighted by atomic mass is 15.0. The molecule has 0 saturated heterocycles. The lowest BCUT2D eigenvalue weighted by Gasteiger charge is -2.14. The molecule has 0 spiro atoms. The van der Waals surface area contributed by atoms with E-state index in [4.69, 9.17) is 15.0 Å². The van der Waals surface area contributed by atoms with Crippen LogP contribution in [0.5, 0.6) is 0 Å². The summed E-state index contributed by atoms with van der Waals surface area (Å²) in [4.78, 5) is 15.3. The van der Waals surface area contributed by atoms with Gasteiger partial charge in [0.25, 0.3) is 0 Å². The summed E-state index contributed by atoms with van der Waals surface area (Å²) in [6.07, 6.45) is 0. The first-order valence-corrected chi connectivity index (χ1v) is 16.2. The van der Waals surface area contributed by atoms with E-state index in [1.54, 1.807) is 0 Å². The van der Waals surface area contributed by atoms with Crippen molar-refractivity contribution in [3.8, 4) is 56.4 Å². The molecule has 0 saturated carbocycles. The van der Waals surface area contributed by atoms with Crippen molar-refractivity contribution >= 4 is 32.3 Å². The van der Waals surface area contributed by atoms with Gasteiger partial charge in [-0.15, -0.1) is 0 Å². The minimum Gasteiger partial charge on any atom is -0.208 e. The Hall–Kier alpha value is -6.45. The third kappa shape index (κ3) is 4.99. The Balaban J connectivity index is 1.21. The summed E-state index contributed by atoms with van der Waals surface area (Å²) in [5, 5.41) is 7.04. The number of rotatable bonds is 5. The van der Waals surface area contributed by atoms with Crippen molar-refractivity contribution in [1.29, 1.82) is 0 Å². The molecule has 0 aliphatic carbocycles. The van der Waals surface area contributed by atoms with E-state index < -0.39 is 0 Å². The van der Waals surface area contributed by atoms with Gasteiger partial charge < -0.3 is 0 Å². The molecule has 8 aromatic carbocycles. The van der Waals surface area contributed by atoms with Gasteiger partial charge in [0.2, 0.25) is 0 Å². The molecule has 1 heterocycles. The standard InChI is InChI=1S/C45H29N3/c1-3-12-30(13-4-1)33-22-23-35-29-36(25-24-34(35)28-33)44-46-43(32-15-5-2-6-16-32)47-45(48-44)42-27-26-41(39-19-9-10-20-40(39)42)38-21-11-17-31-14-7-8-18-37(31)38/h1-29H. The molecule has 0 aliphatic rings. The van der Waals surface area contributed by atoms with Crippen LogP contribution in [0, 0.1) is 0 Å². The van der Waals surface area contributed by atoms with Gasteiger partial charge in [-0.25, -0.2) is 15.0 Å². The van der Waals surface area contributed by atoms with Crippen LogP contribution >= 0.6 is 0 Å². The van der Waals surface area contributed by atoms with Gasteiger partial charge in [-0.05, 0) is 72.8 Å². The highest BCUT2D eigenvalue weighted by molar-refractivity contribution is 6.09. The summed E-state index contributed by atoms with van der Waals surface area (Å²) in [7, 11) is 0. The minimum atomic E-state index is 0.648. The molecule has 3 nitrogen and oxygen atoms in total. The van der Waals surface area contributed by atoms with Crippen LogP contribution in [-0.4, -0.2) is 15.0 Å². The lowest BCUT2D eigenvalue weighted by Crippen LogP contribution is -2.01. The van der Waals surface area contributed by atoms with Crippen LogP contribution < -0.4 is 0 Å². The summed E-state index contributed by atoms with van der Waals surface area (Å²) in [6, 6.07) is 61.7. The largest absolute Gasteiger partial charge is 0.208 e. The van der Waals surface area contributed by atoms with Gasteiger partial charge >= 0.3 is 0 Å². The zero-order valence-corrected chi connectivity index (χ0v) is 26.1. The highest BCUT2D eigenvalue weighted by Crippen LogP contribution is 2.38. The normalized spacial score (nSPS) is 11.3. The van der Waals surface area contributed by atoms with Gasteiger partial charge in [-0.1, -0.05) is 158 Å². The Bertz CT molecular complexity index is 2600. The minimum absolute atomic E-state index is 0.648. The maximum atomic E-state index is 5.15. The van der Waals surface area contributed by atoms with Crippen molar-refractivity contribution < 1.29 is 0 Å². The van der Waals surface area contributed by atoms with Gasteiger partial charge in [0.15, 0.2) is 17.5 Å². The number of benzene rings is 8. The molecule has 0 radical (unpaired) electrons. The SMILES string of the molecule is c1ccc(-c2ccc3cc(-c4nc(-c5ccccc5)nc(-c5ccc(-c6cccc7ccccc67)c6ccccc56)n4)ccc3c2)cc1. The quantitative estimate of drug-likeness (QED) is 0.194. The van der Waals surface area contributed by atoms with E-state index in [-0.39, 0.29) is 0 Å². The molecule has 0 bridgehead atoms. The Kier molecular flexibility index (Phi) is 6.80. The number of aromatic nitrogens is 3. The van der Waals surface area contributed by atoms with Crippen LogP contribution in [0.25, 0.3) is 88.7 Å². The first kappa shape index (κ1) is 27.8. The molecule has 1 aromatic heterocycles. The molecule has 48 heavy (non-hydrogen) atoms. The summed E-state index contributed by atoms with van der Waals surface area (Å²) in [5.74, 6) is 1.95. The fourth-order valence-electron chi connectivity index (χ4n) is 6.73. The average Bonchev–Trinajstić information content (AvgIpc) is 3.17. The molecule has 0 N–H and O–H groups in total. The number of hydrogen-bond donors (Lipinski definition) is 0. The van der Waals surface area contributed by atoms with Crippen molar-refractivity contribution in [2.24, 2.45) is 0 Å². The van der Waals surface area contributed by atoms with Crippen molar-refractivity contribution in [2.45, 2.75) is 0 Å². The monoisotopic (exact) mass is 611 g/mol. The predicted molar refractivity (Wildman–Crippen MR) is 200 cm³/mol. The Morgan fingerprint density at radius 1 is 0.250 bits per heavy atom. The van der Waals surface area contributed by atoms with Gasteiger partial charge in [0.05, 0.1) is 0 Å². The molecule has 0 amide bonds. The molecule has 0 aliphatic heterocycles. The van der Waals surface area contributed by atoms with E-state index in [0.717, 1.165) is 32.8 Å². The number of nitrogens with zero attached hydrogens (tertiary/aromatic N) is 3. The lowest BCUT2D eigenvalue weighted by atomic mass is 9.92. The molecule has 3 heteroatoms. The van der Waals surface area contributed by atoms with E-state index in [0.29, 0.717) is 17.5 Å². The van der Waals surface area contributed by atoms with Crippen LogP contribution in [0.4, 0.5) is 0 Å². The molecule has 0 atom stereocenters. The summed E-state index contributed by atoms with van der Waals surface area (Å²) >= 11 is 0. The van der Waals surface area contributed by atoms with Crippen LogP contribution in [0.3, 0.4) is 0 Å². The van der Waals surface area contributed by atoms with Crippen LogP contribution in [-0.2, 0) is 0 Å². The third-order valence-electron chi connectivity index (χ3n) is 9.12. The maximum absolute atomic E-state index is 5.15. The van der Waals surface area contributed by atoms with Crippen molar-refractivity contribution in [3.63, 3.8) is 0 Å². The zero-order valence-electron chi connectivity index (χ0n) is 26.1. The second-order valence-corrected chi connectivity index (χ2v) is 12.0. The topological polar surface area (TPSA) is 38.7 Å². The maximum Gasteiger partial charge on any atom is 0.164 e. The second kappa shape index (κ2) is 11.7. The molecule has 0 fully saturated rings. The Morgan fingerprint density at radius 3 is 1.50 bits per heavy atom. The Morgan fingerprint density at radius 2 is 0.750 bits per heavy atom. The first-order chi connectivity index (χ1) is 23.8. The van der Waals surface area contributed by atoms with Crippen molar-refractivity contribution in [2.75, 3.05) is 0 Å². The van der Waals surface area contributed by atoms with E-state index in [2.05, 4.69) is 152 Å². The van der Waals surface area contributed by atoms with Gasteiger partial charge in [0, 0.05) is 16.7 Å². The first-order valence-electron chi connectivity index (χ1n) is 16.2. The van der Waals surface area contributed by atoms with Crippen LogP contribution in [0.2, 0.25) is 0 Å². The molecule has 224 valence electrons. The van der Waals surface area contributed by atoms with Gasteiger partial charge in [-0.2, -0.15) is 0 Å². The average molecular weight is 612 g/mol. The second-order valence-electron chi connectivity index (χ2n) is 12.0. The zero-order chi connectivity index (χ0) is 31.9. The van der Waals surface area contributed by atoms with Crippen molar-refractivity contribution in [3.05, 3.63) is 176 Å². The lowest BCUT2D eigenvalue weighted by molar-refractivity contribution is 1.08. The van der Waals surface area contributed by atoms with Gasteiger partial charge in [-0.3, -0.25) is 0 Å². The smallest absolute Gasteiger partial charge is 0.164 e. The highest BCUT2D eigenvalue weighted by Gasteiger charge is 2.17. The number of fused-ring (bicyclic) bond motifs is 3. The molecular formula is C45H29N3. The summed E-state index contributed by atoms with van der Waals surface area (Å²) < 4.78 is 0. The Labute approximate surface area is 278 Å². The molecular weight excluding hydrogens is 583 g/mol. The van der Waals surface area contributed by atoms with Crippen molar-refractivity contribution in [1.82, 2.24) is 15.0 Å². The van der Waals surface area contributed by atoms with Gasteiger partial charge in [0.1, 0.15) is 0 Å². The molecule has 9 aromatic rings. The molecule has 9 rings (SSSR count). The van der Waals surface area contributed by atoms with E-state index in [1.807, 2.05) is 24.3 Å².